The van der Waals surface area contributed by atoms with Crippen LogP contribution in [0.4, 0.5) is 0 Å². The van der Waals surface area contributed by atoms with Crippen molar-refractivity contribution in [3.8, 4) is 0 Å². The van der Waals surface area contributed by atoms with Crippen molar-refractivity contribution in [2.75, 3.05) is 0 Å². The monoisotopic (exact) mass is 361 g/mol. The van der Waals surface area contributed by atoms with Crippen molar-refractivity contribution in [1.29, 1.82) is 0 Å². The summed E-state index contributed by atoms with van der Waals surface area (Å²) in [5.74, 6) is 0. The average Bonchev–Trinajstić information content (AvgIpc) is 3.31. The van der Waals surface area contributed by atoms with Gasteiger partial charge < -0.3 is 8.82 Å². The molecule has 0 N–H and O–H groups in total. The molecule has 4 heterocycles. The van der Waals surface area contributed by atoms with Gasteiger partial charge in [0.1, 0.15) is 18.1 Å². The van der Waals surface area contributed by atoms with E-state index < -0.39 is 0 Å². The molecule has 3 nitrogen and oxygen atoms in total. The maximum atomic E-state index is 6.02. The molecule has 3 heteroatoms. The molecule has 0 aliphatic rings. The fraction of sp³-hybridized carbons (Fsp3) is 0.0800. The van der Waals surface area contributed by atoms with Gasteiger partial charge in [0.25, 0.3) is 0 Å². The summed E-state index contributed by atoms with van der Waals surface area (Å²) in [6, 6.07) is 19.6. The fourth-order valence-electron chi connectivity index (χ4n) is 5.24. The van der Waals surface area contributed by atoms with Gasteiger partial charge in [0.05, 0.1) is 22.7 Å². The van der Waals surface area contributed by atoms with Gasteiger partial charge in [-0.25, -0.2) is 0 Å². The maximum Gasteiger partial charge on any atom is 0.237 e. The van der Waals surface area contributed by atoms with Crippen molar-refractivity contribution < 1.29 is 8.98 Å². The van der Waals surface area contributed by atoms with Crippen molar-refractivity contribution in [2.45, 2.75) is 6.92 Å². The standard InChI is InChI=1S/C25H17N2O/c1-14-9-10-16-22-20(14)23-19(8-5-12-26(23)2)27-18-7-4-3-6-15(18)21(24(22)27)17-11-13-28-25(16)17/h3-13H,1-2H3/q+1. The lowest BCUT2D eigenvalue weighted by molar-refractivity contribution is -0.644. The molecule has 0 aliphatic carbocycles. The van der Waals surface area contributed by atoms with Gasteiger partial charge in [-0.3, -0.25) is 0 Å². The second kappa shape index (κ2) is 4.63. The van der Waals surface area contributed by atoms with E-state index in [9.17, 15) is 0 Å². The van der Waals surface area contributed by atoms with Crippen LogP contribution in [-0.4, -0.2) is 4.40 Å². The molecule has 0 radical (unpaired) electrons. The first-order valence-corrected chi connectivity index (χ1v) is 9.61. The van der Waals surface area contributed by atoms with Crippen LogP contribution in [0.5, 0.6) is 0 Å². The van der Waals surface area contributed by atoms with Crippen molar-refractivity contribution in [3.05, 3.63) is 72.6 Å². The van der Waals surface area contributed by atoms with Gasteiger partial charge in [-0.05, 0) is 30.7 Å². The van der Waals surface area contributed by atoms with Crippen LogP contribution in [0.3, 0.4) is 0 Å². The highest BCUT2D eigenvalue weighted by Crippen LogP contribution is 2.45. The summed E-state index contributed by atoms with van der Waals surface area (Å²) in [5.41, 5.74) is 7.30. The van der Waals surface area contributed by atoms with Crippen molar-refractivity contribution >= 4 is 60.0 Å². The summed E-state index contributed by atoms with van der Waals surface area (Å²) in [7, 11) is 2.14. The third-order valence-corrected chi connectivity index (χ3v) is 6.34. The lowest BCUT2D eigenvalue weighted by Crippen LogP contribution is -2.29. The Morgan fingerprint density at radius 1 is 0.786 bits per heavy atom. The zero-order chi connectivity index (χ0) is 18.6. The van der Waals surface area contributed by atoms with Crippen LogP contribution in [-0.2, 0) is 7.05 Å². The molecule has 0 aliphatic heterocycles. The van der Waals surface area contributed by atoms with E-state index in [1.807, 2.05) is 6.26 Å². The van der Waals surface area contributed by atoms with Crippen LogP contribution >= 0.6 is 0 Å². The van der Waals surface area contributed by atoms with Crippen LogP contribution in [0.25, 0.3) is 60.0 Å². The molecule has 0 saturated carbocycles. The molecule has 0 spiro atoms. The molecule has 0 saturated heterocycles. The van der Waals surface area contributed by atoms with Gasteiger partial charge in [0.15, 0.2) is 6.20 Å². The largest absolute Gasteiger partial charge is 0.464 e. The topological polar surface area (TPSA) is 21.4 Å². The third-order valence-electron chi connectivity index (χ3n) is 6.34. The van der Waals surface area contributed by atoms with E-state index in [0.717, 1.165) is 5.58 Å². The number of fused-ring (bicyclic) bond motifs is 9. The highest BCUT2D eigenvalue weighted by Gasteiger charge is 2.25. The van der Waals surface area contributed by atoms with Crippen LogP contribution in [0, 0.1) is 6.92 Å². The Morgan fingerprint density at radius 2 is 1.61 bits per heavy atom. The first kappa shape index (κ1) is 14.5. The van der Waals surface area contributed by atoms with Crippen LogP contribution in [0.1, 0.15) is 5.56 Å². The van der Waals surface area contributed by atoms with Gasteiger partial charge in [0, 0.05) is 33.0 Å². The molecule has 0 unspecified atom stereocenters. The molecule has 7 aromatic rings. The average molecular weight is 361 g/mol. The van der Waals surface area contributed by atoms with Crippen molar-refractivity contribution in [3.63, 3.8) is 0 Å². The summed E-state index contributed by atoms with van der Waals surface area (Å²) < 4.78 is 10.7. The van der Waals surface area contributed by atoms with E-state index in [-0.39, 0.29) is 0 Å². The molecule has 0 fully saturated rings. The van der Waals surface area contributed by atoms with E-state index in [0.29, 0.717) is 0 Å². The predicted molar refractivity (Wildman–Crippen MR) is 114 cm³/mol. The zero-order valence-electron chi connectivity index (χ0n) is 15.7. The number of aromatic nitrogens is 2. The number of para-hydroxylation sites is 1. The molecule has 0 amide bonds. The van der Waals surface area contributed by atoms with E-state index in [4.69, 9.17) is 4.42 Å². The second-order valence-electron chi connectivity index (χ2n) is 7.77. The van der Waals surface area contributed by atoms with E-state index >= 15 is 0 Å². The minimum absolute atomic E-state index is 0.980. The summed E-state index contributed by atoms with van der Waals surface area (Å²) in [6.07, 6.45) is 3.95. The van der Waals surface area contributed by atoms with Crippen LogP contribution in [0.15, 0.2) is 71.5 Å². The Bertz CT molecular complexity index is 1730. The maximum absolute atomic E-state index is 6.02. The molecule has 132 valence electrons. The summed E-state index contributed by atoms with van der Waals surface area (Å²) in [5, 5.41) is 7.55. The third kappa shape index (κ3) is 1.44. The SMILES string of the molecule is Cc1ccc2c3occc3c3c4ccccc4n4c5ccc[n+](C)c5c1c2c34. The fourth-order valence-corrected chi connectivity index (χ4v) is 5.24. The van der Waals surface area contributed by atoms with Crippen LogP contribution in [0.2, 0.25) is 0 Å². The Labute approximate surface area is 160 Å². The Hall–Kier alpha value is -3.59. The van der Waals surface area contributed by atoms with E-state index in [1.165, 1.54) is 59.9 Å². The molecule has 0 bridgehead atoms. The lowest BCUT2D eigenvalue weighted by atomic mass is 9.95. The van der Waals surface area contributed by atoms with Gasteiger partial charge in [-0.2, -0.15) is 4.57 Å². The van der Waals surface area contributed by atoms with Crippen molar-refractivity contribution in [1.82, 2.24) is 4.40 Å². The number of hydrogen-bond donors (Lipinski definition) is 0. The highest BCUT2D eigenvalue weighted by atomic mass is 16.3. The Balaban J connectivity index is 2.08. The molecule has 28 heavy (non-hydrogen) atoms. The number of furan rings is 1. The van der Waals surface area contributed by atoms with Crippen LogP contribution < -0.4 is 4.57 Å². The van der Waals surface area contributed by atoms with Gasteiger partial charge in [0.2, 0.25) is 5.52 Å². The lowest BCUT2D eigenvalue weighted by Gasteiger charge is -2.13. The van der Waals surface area contributed by atoms with Gasteiger partial charge in [-0.15, -0.1) is 0 Å². The molecule has 0 atom stereocenters. The quantitative estimate of drug-likeness (QED) is 0.188. The Morgan fingerprint density at radius 3 is 2.54 bits per heavy atom. The highest BCUT2D eigenvalue weighted by molar-refractivity contribution is 6.36. The number of nitrogens with zero attached hydrogens (tertiary/aromatic N) is 2. The zero-order valence-corrected chi connectivity index (χ0v) is 15.7. The minimum atomic E-state index is 0.980. The minimum Gasteiger partial charge on any atom is -0.464 e. The molecular formula is C25H17N2O+. The molecular weight excluding hydrogens is 344 g/mol. The summed E-state index contributed by atoms with van der Waals surface area (Å²) in [6.45, 7) is 2.21. The first-order valence-electron chi connectivity index (χ1n) is 9.61. The second-order valence-corrected chi connectivity index (χ2v) is 7.77. The summed E-state index contributed by atoms with van der Waals surface area (Å²) in [4.78, 5) is 0. The normalized spacial score (nSPS) is 12.6. The number of benzene rings is 3. The van der Waals surface area contributed by atoms with E-state index in [1.54, 1.807) is 0 Å². The summed E-state index contributed by atoms with van der Waals surface area (Å²) >= 11 is 0. The molecule has 3 aromatic carbocycles. The van der Waals surface area contributed by atoms with E-state index in [2.05, 4.69) is 83.7 Å². The van der Waals surface area contributed by atoms with Gasteiger partial charge in [-0.1, -0.05) is 30.3 Å². The van der Waals surface area contributed by atoms with Gasteiger partial charge >= 0.3 is 0 Å². The smallest absolute Gasteiger partial charge is 0.237 e. The Kier molecular flexibility index (Phi) is 2.39. The van der Waals surface area contributed by atoms with Crippen molar-refractivity contribution in [2.24, 2.45) is 7.05 Å². The molecule has 4 aromatic heterocycles. The molecule has 7 rings (SSSR count). The number of rotatable bonds is 0. The number of pyridine rings is 2. The number of aryl methyl sites for hydroxylation is 2. The number of hydrogen-bond acceptors (Lipinski definition) is 1. The predicted octanol–water partition coefficient (Wildman–Crippen LogP) is 5.87. The first-order chi connectivity index (χ1) is 13.8.